The fourth-order valence-electron chi connectivity index (χ4n) is 1.65. The van der Waals surface area contributed by atoms with Gasteiger partial charge in [-0.15, -0.1) is 11.3 Å². The van der Waals surface area contributed by atoms with Crippen LogP contribution in [0.15, 0.2) is 30.5 Å². The summed E-state index contributed by atoms with van der Waals surface area (Å²) in [6.07, 6.45) is 1.85. The van der Waals surface area contributed by atoms with Crippen LogP contribution in [0.2, 0.25) is 0 Å². The summed E-state index contributed by atoms with van der Waals surface area (Å²) in [6.45, 7) is 2.01. The Morgan fingerprint density at radius 1 is 1.31 bits per heavy atom. The van der Waals surface area contributed by atoms with Crippen molar-refractivity contribution < 1.29 is 0 Å². The molecule has 0 aliphatic rings. The number of aromatic nitrogens is 3. The lowest BCUT2D eigenvalue weighted by atomic mass is 10.3. The van der Waals surface area contributed by atoms with Crippen LogP contribution in [0.3, 0.4) is 0 Å². The first-order valence-corrected chi connectivity index (χ1v) is 5.73. The van der Waals surface area contributed by atoms with Crippen LogP contribution in [0.5, 0.6) is 0 Å². The van der Waals surface area contributed by atoms with Crippen LogP contribution in [0.1, 0.15) is 5.01 Å². The van der Waals surface area contributed by atoms with E-state index in [1.807, 2.05) is 25.3 Å². The van der Waals surface area contributed by atoms with Crippen LogP contribution >= 0.6 is 11.3 Å². The van der Waals surface area contributed by atoms with Crippen LogP contribution in [0, 0.1) is 6.92 Å². The highest BCUT2D eigenvalue weighted by Gasteiger charge is 2.03. The van der Waals surface area contributed by atoms with E-state index in [1.54, 1.807) is 22.1 Å². The van der Waals surface area contributed by atoms with Gasteiger partial charge in [-0.25, -0.2) is 9.67 Å². The SMILES string of the molecule is Cc1nc2ccc(-n3ccc(N)n3)cc2s1. The maximum Gasteiger partial charge on any atom is 0.145 e. The lowest BCUT2D eigenvalue weighted by molar-refractivity contribution is 0.888. The normalized spacial score (nSPS) is 11.1. The minimum atomic E-state index is 0.528. The first-order chi connectivity index (χ1) is 7.72. The molecule has 3 rings (SSSR count). The van der Waals surface area contributed by atoms with Crippen molar-refractivity contribution in [2.45, 2.75) is 6.92 Å². The molecule has 1 aromatic carbocycles. The third kappa shape index (κ3) is 1.45. The van der Waals surface area contributed by atoms with Gasteiger partial charge >= 0.3 is 0 Å². The summed E-state index contributed by atoms with van der Waals surface area (Å²) in [5, 5.41) is 5.25. The predicted octanol–water partition coefficient (Wildman–Crippen LogP) is 2.37. The molecule has 0 fully saturated rings. The number of hydrogen-bond donors (Lipinski definition) is 1. The molecule has 0 spiro atoms. The number of hydrogen-bond acceptors (Lipinski definition) is 4. The number of nitrogens with zero attached hydrogens (tertiary/aromatic N) is 3. The summed E-state index contributed by atoms with van der Waals surface area (Å²) in [5.41, 5.74) is 7.63. The zero-order valence-electron chi connectivity index (χ0n) is 8.71. The van der Waals surface area contributed by atoms with E-state index in [0.717, 1.165) is 16.2 Å². The van der Waals surface area contributed by atoms with Crippen molar-refractivity contribution in [2.24, 2.45) is 0 Å². The van der Waals surface area contributed by atoms with Crippen molar-refractivity contribution in [3.05, 3.63) is 35.5 Å². The third-order valence-corrected chi connectivity index (χ3v) is 3.29. The smallest absolute Gasteiger partial charge is 0.145 e. The molecular weight excluding hydrogens is 220 g/mol. The maximum atomic E-state index is 5.59. The largest absolute Gasteiger partial charge is 0.382 e. The van der Waals surface area contributed by atoms with Gasteiger partial charge < -0.3 is 5.73 Å². The highest BCUT2D eigenvalue weighted by Crippen LogP contribution is 2.24. The Morgan fingerprint density at radius 3 is 2.94 bits per heavy atom. The zero-order chi connectivity index (χ0) is 11.1. The second-order valence-electron chi connectivity index (χ2n) is 3.57. The van der Waals surface area contributed by atoms with E-state index in [9.17, 15) is 0 Å². The van der Waals surface area contributed by atoms with E-state index >= 15 is 0 Å². The van der Waals surface area contributed by atoms with E-state index in [-0.39, 0.29) is 0 Å². The van der Waals surface area contributed by atoms with E-state index in [4.69, 9.17) is 5.73 Å². The summed E-state index contributed by atoms with van der Waals surface area (Å²) < 4.78 is 2.94. The Hall–Kier alpha value is -1.88. The van der Waals surface area contributed by atoms with Crippen LogP contribution < -0.4 is 5.73 Å². The Balaban J connectivity index is 2.17. The number of rotatable bonds is 1. The number of anilines is 1. The lowest BCUT2D eigenvalue weighted by Gasteiger charge is -1.99. The minimum Gasteiger partial charge on any atom is -0.382 e. The summed E-state index contributed by atoms with van der Waals surface area (Å²) in [4.78, 5) is 4.42. The number of nitrogen functional groups attached to an aromatic ring is 1. The van der Waals surface area contributed by atoms with Gasteiger partial charge in [0.05, 0.1) is 20.9 Å². The molecule has 0 radical (unpaired) electrons. The topological polar surface area (TPSA) is 56.7 Å². The molecule has 0 saturated heterocycles. The quantitative estimate of drug-likeness (QED) is 0.698. The Morgan fingerprint density at radius 2 is 2.19 bits per heavy atom. The van der Waals surface area contributed by atoms with E-state index < -0.39 is 0 Å². The molecule has 4 nitrogen and oxygen atoms in total. The highest BCUT2D eigenvalue weighted by molar-refractivity contribution is 7.18. The van der Waals surface area contributed by atoms with Gasteiger partial charge in [-0.3, -0.25) is 0 Å². The van der Waals surface area contributed by atoms with Crippen LogP contribution in [-0.2, 0) is 0 Å². The average Bonchev–Trinajstić information content (AvgIpc) is 2.81. The molecule has 2 N–H and O–H groups in total. The zero-order valence-corrected chi connectivity index (χ0v) is 9.53. The summed E-state index contributed by atoms with van der Waals surface area (Å²) in [6, 6.07) is 7.86. The molecule has 16 heavy (non-hydrogen) atoms. The number of fused-ring (bicyclic) bond motifs is 1. The fourth-order valence-corrected chi connectivity index (χ4v) is 2.51. The predicted molar refractivity (Wildman–Crippen MR) is 65.9 cm³/mol. The van der Waals surface area contributed by atoms with Gasteiger partial charge in [-0.2, -0.15) is 5.10 Å². The van der Waals surface area contributed by atoms with E-state index in [0.29, 0.717) is 5.82 Å². The monoisotopic (exact) mass is 230 g/mol. The van der Waals surface area contributed by atoms with Crippen LogP contribution in [0.4, 0.5) is 5.82 Å². The van der Waals surface area contributed by atoms with Gasteiger partial charge in [-0.1, -0.05) is 0 Å². The molecule has 0 unspecified atom stereocenters. The van der Waals surface area contributed by atoms with Gasteiger partial charge in [0, 0.05) is 12.3 Å². The first-order valence-electron chi connectivity index (χ1n) is 4.91. The Bertz CT molecular complexity index is 653. The lowest BCUT2D eigenvalue weighted by Crippen LogP contribution is -1.95. The molecule has 5 heteroatoms. The van der Waals surface area contributed by atoms with Crippen molar-refractivity contribution in [2.75, 3.05) is 5.73 Å². The number of thiazole rings is 1. The number of aryl methyl sites for hydroxylation is 1. The van der Waals surface area contributed by atoms with Crippen molar-refractivity contribution in [3.8, 4) is 5.69 Å². The minimum absolute atomic E-state index is 0.528. The van der Waals surface area contributed by atoms with Gasteiger partial charge in [-0.05, 0) is 25.1 Å². The highest BCUT2D eigenvalue weighted by atomic mass is 32.1. The summed E-state index contributed by atoms with van der Waals surface area (Å²) in [7, 11) is 0. The Kier molecular flexibility index (Phi) is 1.94. The van der Waals surface area contributed by atoms with Gasteiger partial charge in [0.1, 0.15) is 5.82 Å². The number of nitrogens with two attached hydrogens (primary N) is 1. The molecule has 2 heterocycles. The van der Waals surface area contributed by atoms with E-state index in [1.165, 1.54) is 4.70 Å². The molecular formula is C11H10N4S. The van der Waals surface area contributed by atoms with Gasteiger partial charge in [0.2, 0.25) is 0 Å². The fraction of sp³-hybridized carbons (Fsp3) is 0.0909. The van der Waals surface area contributed by atoms with Gasteiger partial charge in [0.15, 0.2) is 0 Å². The van der Waals surface area contributed by atoms with Crippen LogP contribution in [-0.4, -0.2) is 14.8 Å². The second-order valence-corrected chi connectivity index (χ2v) is 4.80. The second kappa shape index (κ2) is 3.31. The van der Waals surface area contributed by atoms with E-state index in [2.05, 4.69) is 16.1 Å². The standard InChI is InChI=1S/C11H10N4S/c1-7-13-9-3-2-8(6-10(9)16-7)15-5-4-11(12)14-15/h2-6H,1H3,(H2,12,14). The first kappa shape index (κ1) is 9.35. The molecule has 2 aromatic heterocycles. The van der Waals surface area contributed by atoms with Crippen molar-refractivity contribution in [3.63, 3.8) is 0 Å². The van der Waals surface area contributed by atoms with Gasteiger partial charge in [0.25, 0.3) is 0 Å². The number of benzene rings is 1. The molecule has 0 bridgehead atoms. The van der Waals surface area contributed by atoms with Crippen LogP contribution in [0.25, 0.3) is 15.9 Å². The maximum absolute atomic E-state index is 5.59. The average molecular weight is 230 g/mol. The third-order valence-electron chi connectivity index (χ3n) is 2.35. The molecule has 0 saturated carbocycles. The molecule has 0 aliphatic carbocycles. The van der Waals surface area contributed by atoms with Crippen molar-refractivity contribution >= 4 is 27.4 Å². The molecule has 3 aromatic rings. The molecule has 0 amide bonds. The summed E-state index contributed by atoms with van der Waals surface area (Å²) >= 11 is 1.68. The van der Waals surface area contributed by atoms with Crippen molar-refractivity contribution in [1.82, 2.24) is 14.8 Å². The van der Waals surface area contributed by atoms with Crippen molar-refractivity contribution in [1.29, 1.82) is 0 Å². The molecule has 0 atom stereocenters. The molecule has 0 aliphatic heterocycles. The summed E-state index contributed by atoms with van der Waals surface area (Å²) in [5.74, 6) is 0.528. The molecule has 80 valence electrons. The Labute approximate surface area is 96.3 Å².